The van der Waals surface area contributed by atoms with Crippen LogP contribution in [0, 0.1) is 6.92 Å². The molecule has 6 nitrogen and oxygen atoms in total. The van der Waals surface area contributed by atoms with Crippen LogP contribution in [0.5, 0.6) is 11.5 Å². The van der Waals surface area contributed by atoms with Gasteiger partial charge in [0.15, 0.2) is 23.1 Å². The summed E-state index contributed by atoms with van der Waals surface area (Å²) in [5.74, 6) is 2.62. The number of aromatic nitrogens is 2. The minimum Gasteiger partial charge on any atom is -0.493 e. The molecule has 132 valence electrons. The molecule has 1 aromatic heterocycles. The molecule has 0 fully saturated rings. The molecule has 0 atom stereocenters. The van der Waals surface area contributed by atoms with Crippen molar-refractivity contribution in [2.24, 2.45) is 5.10 Å². The topological polar surface area (TPSA) is 68.6 Å². The number of methoxy groups -OCH3 is 2. The molecule has 2 aromatic carbocycles. The summed E-state index contributed by atoms with van der Waals surface area (Å²) in [7, 11) is 3.21. The van der Waals surface area contributed by atoms with Gasteiger partial charge in [0.1, 0.15) is 0 Å². The number of aryl methyl sites for hydroxylation is 1. The van der Waals surface area contributed by atoms with Crippen LogP contribution in [-0.2, 0) is 0 Å². The third-order valence-corrected chi connectivity index (χ3v) is 3.69. The highest BCUT2D eigenvalue weighted by Crippen LogP contribution is 2.26. The molecular formula is C20H20N4O2. The molecule has 1 N–H and O–H groups in total. The van der Waals surface area contributed by atoms with Gasteiger partial charge in [0.05, 0.1) is 20.4 Å². The number of hydrazone groups is 1. The average molecular weight is 348 g/mol. The van der Waals surface area contributed by atoms with Crippen LogP contribution in [0.4, 0.5) is 5.82 Å². The van der Waals surface area contributed by atoms with Gasteiger partial charge < -0.3 is 9.47 Å². The van der Waals surface area contributed by atoms with Crippen molar-refractivity contribution in [1.29, 1.82) is 0 Å². The van der Waals surface area contributed by atoms with Gasteiger partial charge in [-0.05, 0) is 30.7 Å². The lowest BCUT2D eigenvalue weighted by molar-refractivity contribution is 0.355. The Bertz CT molecular complexity index is 911. The van der Waals surface area contributed by atoms with Crippen LogP contribution in [0.15, 0.2) is 59.7 Å². The summed E-state index contributed by atoms with van der Waals surface area (Å²) < 4.78 is 10.5. The van der Waals surface area contributed by atoms with E-state index in [0.717, 1.165) is 16.8 Å². The first-order valence-corrected chi connectivity index (χ1v) is 8.12. The fraction of sp³-hybridized carbons (Fsp3) is 0.150. The number of nitrogens with one attached hydrogen (secondary N) is 1. The Labute approximate surface area is 152 Å². The van der Waals surface area contributed by atoms with E-state index < -0.39 is 0 Å². The molecule has 3 aromatic rings. The van der Waals surface area contributed by atoms with Crippen LogP contribution in [0.1, 0.15) is 11.3 Å². The molecule has 0 bridgehead atoms. The Morgan fingerprint density at radius 2 is 1.69 bits per heavy atom. The highest BCUT2D eigenvalue weighted by molar-refractivity contribution is 5.81. The van der Waals surface area contributed by atoms with E-state index in [4.69, 9.17) is 9.47 Å². The third-order valence-electron chi connectivity index (χ3n) is 3.69. The summed E-state index contributed by atoms with van der Waals surface area (Å²) in [6.07, 6.45) is 1.70. The largest absolute Gasteiger partial charge is 0.493 e. The summed E-state index contributed by atoms with van der Waals surface area (Å²) in [6.45, 7) is 1.93. The van der Waals surface area contributed by atoms with Gasteiger partial charge in [-0.25, -0.2) is 9.97 Å². The van der Waals surface area contributed by atoms with Crippen LogP contribution < -0.4 is 14.9 Å². The van der Waals surface area contributed by atoms with Gasteiger partial charge in [-0.3, -0.25) is 5.43 Å². The Balaban J connectivity index is 1.77. The number of hydrogen-bond donors (Lipinski definition) is 1. The van der Waals surface area contributed by atoms with Crippen molar-refractivity contribution in [1.82, 2.24) is 9.97 Å². The molecule has 0 radical (unpaired) electrons. The number of ether oxygens (including phenoxy) is 2. The smallest absolute Gasteiger partial charge is 0.161 e. The minimum atomic E-state index is 0.632. The predicted molar refractivity (Wildman–Crippen MR) is 103 cm³/mol. The van der Waals surface area contributed by atoms with Crippen LogP contribution in [0.2, 0.25) is 0 Å². The van der Waals surface area contributed by atoms with Crippen molar-refractivity contribution in [2.45, 2.75) is 6.92 Å². The molecule has 6 heteroatoms. The fourth-order valence-electron chi connectivity index (χ4n) is 2.45. The van der Waals surface area contributed by atoms with Crippen LogP contribution in [-0.4, -0.2) is 30.4 Å². The maximum absolute atomic E-state index is 5.29. The van der Waals surface area contributed by atoms with Crippen LogP contribution in [0.25, 0.3) is 11.4 Å². The van der Waals surface area contributed by atoms with Gasteiger partial charge in [0.25, 0.3) is 0 Å². The average Bonchev–Trinajstić information content (AvgIpc) is 2.68. The summed E-state index contributed by atoms with van der Waals surface area (Å²) in [5.41, 5.74) is 5.66. The summed E-state index contributed by atoms with van der Waals surface area (Å²) in [4.78, 5) is 8.99. The third kappa shape index (κ3) is 4.16. The van der Waals surface area contributed by atoms with Crippen molar-refractivity contribution < 1.29 is 9.47 Å². The molecule has 1 heterocycles. The molecule has 0 spiro atoms. The molecular weight excluding hydrogens is 328 g/mol. The predicted octanol–water partition coefficient (Wildman–Crippen LogP) is 3.92. The van der Waals surface area contributed by atoms with Gasteiger partial charge in [0.2, 0.25) is 0 Å². The number of anilines is 1. The quantitative estimate of drug-likeness (QED) is 0.540. The fourth-order valence-corrected chi connectivity index (χ4v) is 2.45. The maximum Gasteiger partial charge on any atom is 0.161 e. The first-order chi connectivity index (χ1) is 12.7. The van der Waals surface area contributed by atoms with Crippen molar-refractivity contribution in [3.05, 3.63) is 65.9 Å². The number of rotatable bonds is 6. The van der Waals surface area contributed by atoms with Crippen molar-refractivity contribution in [3.63, 3.8) is 0 Å². The molecule has 0 aliphatic rings. The summed E-state index contributed by atoms with van der Waals surface area (Å²) >= 11 is 0. The van der Waals surface area contributed by atoms with Crippen molar-refractivity contribution in [2.75, 3.05) is 19.6 Å². The SMILES string of the molecule is COc1ccc(/C=N\Nc2cc(C)nc(-c3ccccc3)n2)cc1OC. The Kier molecular flexibility index (Phi) is 5.43. The summed E-state index contributed by atoms with van der Waals surface area (Å²) in [6, 6.07) is 17.3. The summed E-state index contributed by atoms with van der Waals surface area (Å²) in [5, 5.41) is 4.26. The minimum absolute atomic E-state index is 0.632. The van der Waals surface area contributed by atoms with Gasteiger partial charge in [-0.2, -0.15) is 5.10 Å². The molecule has 0 aliphatic carbocycles. The van der Waals surface area contributed by atoms with E-state index in [1.807, 2.05) is 61.5 Å². The van der Waals surface area contributed by atoms with E-state index in [-0.39, 0.29) is 0 Å². The second kappa shape index (κ2) is 8.11. The van der Waals surface area contributed by atoms with Crippen LogP contribution >= 0.6 is 0 Å². The van der Waals surface area contributed by atoms with E-state index in [9.17, 15) is 0 Å². The van der Waals surface area contributed by atoms with Crippen molar-refractivity contribution in [3.8, 4) is 22.9 Å². The highest BCUT2D eigenvalue weighted by atomic mass is 16.5. The molecule has 0 saturated heterocycles. The van der Waals surface area contributed by atoms with Crippen molar-refractivity contribution >= 4 is 12.0 Å². The van der Waals surface area contributed by atoms with Gasteiger partial charge in [-0.1, -0.05) is 30.3 Å². The van der Waals surface area contributed by atoms with E-state index in [2.05, 4.69) is 20.5 Å². The normalized spacial score (nSPS) is 10.7. The first kappa shape index (κ1) is 17.4. The lowest BCUT2D eigenvalue weighted by atomic mass is 10.2. The maximum atomic E-state index is 5.29. The number of hydrogen-bond acceptors (Lipinski definition) is 6. The molecule has 26 heavy (non-hydrogen) atoms. The van der Waals surface area contributed by atoms with Gasteiger partial charge in [-0.15, -0.1) is 0 Å². The molecule has 3 rings (SSSR count). The van der Waals surface area contributed by atoms with E-state index >= 15 is 0 Å². The Morgan fingerprint density at radius 1 is 0.923 bits per heavy atom. The number of nitrogens with zero attached hydrogens (tertiary/aromatic N) is 3. The Hall–Kier alpha value is -3.41. The second-order valence-electron chi connectivity index (χ2n) is 5.57. The standard InChI is InChI=1S/C20H20N4O2/c1-14-11-19(23-20(22-14)16-7-5-4-6-8-16)24-21-13-15-9-10-17(25-2)18(12-15)26-3/h4-13H,1-3H3,(H,22,23,24)/b21-13-. The lowest BCUT2D eigenvalue weighted by Gasteiger charge is -2.07. The molecule has 0 saturated carbocycles. The highest BCUT2D eigenvalue weighted by Gasteiger charge is 2.05. The zero-order valence-electron chi connectivity index (χ0n) is 14.9. The van der Waals surface area contributed by atoms with Gasteiger partial charge >= 0.3 is 0 Å². The van der Waals surface area contributed by atoms with E-state index in [0.29, 0.717) is 23.1 Å². The first-order valence-electron chi connectivity index (χ1n) is 8.12. The van der Waals surface area contributed by atoms with E-state index in [1.54, 1.807) is 20.4 Å². The Morgan fingerprint density at radius 3 is 2.42 bits per heavy atom. The molecule has 0 amide bonds. The molecule has 0 aliphatic heterocycles. The zero-order valence-corrected chi connectivity index (χ0v) is 14.9. The number of benzene rings is 2. The molecule has 0 unspecified atom stereocenters. The second-order valence-corrected chi connectivity index (χ2v) is 5.57. The van der Waals surface area contributed by atoms with Gasteiger partial charge in [0, 0.05) is 17.3 Å². The van der Waals surface area contributed by atoms with Crippen LogP contribution in [0.3, 0.4) is 0 Å². The zero-order chi connectivity index (χ0) is 18.4. The monoisotopic (exact) mass is 348 g/mol. The lowest BCUT2D eigenvalue weighted by Crippen LogP contribution is -1.99. The van der Waals surface area contributed by atoms with E-state index in [1.165, 1.54) is 0 Å².